The number of rotatable bonds is 18. The second kappa shape index (κ2) is 15.2. The molecule has 0 aliphatic carbocycles. The molecule has 0 bridgehead atoms. The van der Waals surface area contributed by atoms with Crippen molar-refractivity contribution in [3.05, 3.63) is 0 Å². The Hall–Kier alpha value is -0.730. The number of aliphatic hydroxyl groups excluding tert-OH is 1. The quantitative estimate of drug-likeness (QED) is 0.268. The maximum Gasteiger partial charge on any atom is 0.310 e. The predicted octanol–water partition coefficient (Wildman–Crippen LogP) is 3.66. The smallest absolute Gasteiger partial charge is 0.310 e. The van der Waals surface area contributed by atoms with Crippen LogP contribution in [0.3, 0.4) is 0 Å². The van der Waals surface area contributed by atoms with Crippen molar-refractivity contribution in [2.75, 3.05) is 26.9 Å². The Morgan fingerprint density at radius 2 is 1.62 bits per heavy atom. The zero-order chi connectivity index (χ0) is 24.9. The van der Waals surface area contributed by atoms with E-state index in [0.717, 1.165) is 25.7 Å². The predicted molar refractivity (Wildman–Crippen MR) is 131 cm³/mol. The van der Waals surface area contributed by atoms with E-state index < -0.39 is 5.60 Å². The van der Waals surface area contributed by atoms with Gasteiger partial charge in [0, 0.05) is 38.8 Å². The Labute approximate surface area is 197 Å². The number of carbonyl (C=O) groups excluding carboxylic acids is 1. The lowest BCUT2D eigenvalue weighted by atomic mass is 9.92. The topological polar surface area (TPSA) is 103 Å². The maximum absolute atomic E-state index is 12.6. The number of hydrogen-bond acceptors (Lipinski definition) is 7. The summed E-state index contributed by atoms with van der Waals surface area (Å²) in [5.74, 6) is -0.280. The highest BCUT2D eigenvalue weighted by molar-refractivity contribution is 5.72. The lowest BCUT2D eigenvalue weighted by Gasteiger charge is -2.30. The molecule has 0 amide bonds. The zero-order valence-corrected chi connectivity index (χ0v) is 22.2. The third-order valence-corrected chi connectivity index (χ3v) is 6.06. The largest absolute Gasteiger partial charge is 0.459 e. The van der Waals surface area contributed by atoms with Crippen LogP contribution in [0.25, 0.3) is 0 Å². The van der Waals surface area contributed by atoms with Gasteiger partial charge in [-0.25, -0.2) is 0 Å². The summed E-state index contributed by atoms with van der Waals surface area (Å²) in [6.45, 7) is 17.6. The Kier molecular flexibility index (Phi) is 14.9. The van der Waals surface area contributed by atoms with Gasteiger partial charge in [-0.2, -0.15) is 0 Å². The van der Waals surface area contributed by atoms with Gasteiger partial charge in [0.1, 0.15) is 5.60 Å². The lowest BCUT2D eigenvalue weighted by molar-refractivity contribution is -0.163. The fourth-order valence-corrected chi connectivity index (χ4v) is 3.55. The fourth-order valence-electron chi connectivity index (χ4n) is 3.55. The molecule has 7 heteroatoms. The first kappa shape index (κ1) is 31.3. The van der Waals surface area contributed by atoms with Crippen molar-refractivity contribution in [1.82, 2.24) is 5.32 Å². The highest BCUT2D eigenvalue weighted by Gasteiger charge is 2.28. The van der Waals surface area contributed by atoms with Crippen LogP contribution >= 0.6 is 0 Å². The average molecular weight is 461 g/mol. The van der Waals surface area contributed by atoms with Crippen molar-refractivity contribution in [3.8, 4) is 0 Å². The van der Waals surface area contributed by atoms with Crippen LogP contribution in [-0.2, 0) is 19.0 Å². The van der Waals surface area contributed by atoms with Crippen molar-refractivity contribution >= 4 is 5.97 Å². The molecule has 192 valence electrons. The van der Waals surface area contributed by atoms with E-state index >= 15 is 0 Å². The number of ether oxygens (including phenoxy) is 3. The SMILES string of the molecule is CCC(O)C(C)CC(N)CC(C)NCC(C)C(=O)OC(C)(C)CCOC(C)(C)CCOC. The molecule has 0 aliphatic rings. The number of carbonyl (C=O) groups is 1. The lowest BCUT2D eigenvalue weighted by Crippen LogP contribution is -2.40. The van der Waals surface area contributed by atoms with Gasteiger partial charge < -0.3 is 30.4 Å². The fraction of sp³-hybridized carbons (Fsp3) is 0.960. The van der Waals surface area contributed by atoms with Gasteiger partial charge in [-0.3, -0.25) is 4.79 Å². The van der Waals surface area contributed by atoms with Gasteiger partial charge in [-0.1, -0.05) is 20.8 Å². The van der Waals surface area contributed by atoms with Crippen LogP contribution in [0.5, 0.6) is 0 Å². The summed E-state index contributed by atoms with van der Waals surface area (Å²) in [4.78, 5) is 12.6. The molecule has 0 heterocycles. The molecule has 5 unspecified atom stereocenters. The van der Waals surface area contributed by atoms with Gasteiger partial charge >= 0.3 is 5.97 Å². The minimum atomic E-state index is -0.590. The molecule has 0 aromatic carbocycles. The zero-order valence-electron chi connectivity index (χ0n) is 22.2. The van der Waals surface area contributed by atoms with Gasteiger partial charge in [0.2, 0.25) is 0 Å². The summed E-state index contributed by atoms with van der Waals surface area (Å²) in [7, 11) is 1.68. The van der Waals surface area contributed by atoms with Gasteiger partial charge in [-0.15, -0.1) is 0 Å². The Morgan fingerprint density at radius 1 is 1.03 bits per heavy atom. The molecule has 0 rings (SSSR count). The molecule has 0 saturated carbocycles. The van der Waals surface area contributed by atoms with Gasteiger partial charge in [0.15, 0.2) is 0 Å². The van der Waals surface area contributed by atoms with Gasteiger partial charge in [0.05, 0.1) is 24.2 Å². The van der Waals surface area contributed by atoms with E-state index in [9.17, 15) is 9.90 Å². The summed E-state index contributed by atoms with van der Waals surface area (Å²) in [5, 5.41) is 13.3. The molecule has 0 aromatic heterocycles. The summed E-state index contributed by atoms with van der Waals surface area (Å²) in [6.07, 6.45) is 3.47. The van der Waals surface area contributed by atoms with Crippen molar-refractivity contribution < 1.29 is 24.1 Å². The number of nitrogens with two attached hydrogens (primary N) is 1. The Bertz CT molecular complexity index is 513. The molecule has 4 N–H and O–H groups in total. The van der Waals surface area contributed by atoms with Crippen LogP contribution in [0.4, 0.5) is 0 Å². The van der Waals surface area contributed by atoms with Gasteiger partial charge in [0.25, 0.3) is 0 Å². The summed E-state index contributed by atoms with van der Waals surface area (Å²) >= 11 is 0. The number of nitrogens with one attached hydrogen (secondary N) is 1. The van der Waals surface area contributed by atoms with E-state index in [2.05, 4.69) is 12.2 Å². The summed E-state index contributed by atoms with van der Waals surface area (Å²) < 4.78 is 16.9. The molecule has 0 radical (unpaired) electrons. The molecule has 0 aromatic rings. The molecule has 0 fully saturated rings. The van der Waals surface area contributed by atoms with E-state index in [4.69, 9.17) is 19.9 Å². The molecule has 0 spiro atoms. The number of aliphatic hydroxyl groups is 1. The number of hydrogen-bond donors (Lipinski definition) is 3. The van der Waals surface area contributed by atoms with Gasteiger partial charge in [-0.05, 0) is 66.2 Å². The van der Waals surface area contributed by atoms with E-state index in [-0.39, 0.29) is 41.6 Å². The Balaban J connectivity index is 4.32. The van der Waals surface area contributed by atoms with Crippen LogP contribution in [0.1, 0.15) is 87.5 Å². The highest BCUT2D eigenvalue weighted by atomic mass is 16.6. The van der Waals surface area contributed by atoms with Crippen molar-refractivity contribution in [2.45, 2.75) is 117 Å². The number of esters is 1. The van der Waals surface area contributed by atoms with Crippen LogP contribution in [0.15, 0.2) is 0 Å². The van der Waals surface area contributed by atoms with Crippen LogP contribution < -0.4 is 11.1 Å². The average Bonchev–Trinajstić information content (AvgIpc) is 2.68. The summed E-state index contributed by atoms with van der Waals surface area (Å²) in [5.41, 5.74) is 5.40. The maximum atomic E-state index is 12.6. The van der Waals surface area contributed by atoms with E-state index in [1.54, 1.807) is 7.11 Å². The number of methoxy groups -OCH3 is 1. The van der Waals surface area contributed by atoms with Crippen LogP contribution in [0.2, 0.25) is 0 Å². The first-order valence-electron chi connectivity index (χ1n) is 12.3. The van der Waals surface area contributed by atoms with Crippen LogP contribution in [-0.4, -0.2) is 67.3 Å². The third kappa shape index (κ3) is 14.4. The third-order valence-electron chi connectivity index (χ3n) is 6.06. The summed E-state index contributed by atoms with van der Waals surface area (Å²) in [6, 6.07) is 0.199. The molecule has 5 atom stereocenters. The second-order valence-electron chi connectivity index (χ2n) is 10.7. The first-order valence-corrected chi connectivity index (χ1v) is 12.3. The molecule has 32 heavy (non-hydrogen) atoms. The van der Waals surface area contributed by atoms with E-state index in [1.807, 2.05) is 48.5 Å². The first-order chi connectivity index (χ1) is 14.7. The molecule has 0 saturated heterocycles. The minimum Gasteiger partial charge on any atom is -0.459 e. The molecular weight excluding hydrogens is 408 g/mol. The standard InChI is InChI=1S/C25H52N2O5/c1-10-22(28)18(2)15-21(26)16-20(4)27-17-19(3)23(29)32-25(7,8)12-14-31-24(5,6)11-13-30-9/h18-22,27-28H,10-17,26H2,1-9H3. The monoisotopic (exact) mass is 460 g/mol. The molecule has 0 aliphatic heterocycles. The normalized spacial score (nSPS) is 17.5. The molecular formula is C25H52N2O5. The molecule has 7 nitrogen and oxygen atoms in total. The van der Waals surface area contributed by atoms with E-state index in [0.29, 0.717) is 26.2 Å². The van der Waals surface area contributed by atoms with Crippen molar-refractivity contribution in [2.24, 2.45) is 17.6 Å². The Morgan fingerprint density at radius 3 is 2.19 bits per heavy atom. The second-order valence-corrected chi connectivity index (χ2v) is 10.7. The van der Waals surface area contributed by atoms with E-state index in [1.165, 1.54) is 0 Å². The van der Waals surface area contributed by atoms with Crippen molar-refractivity contribution in [1.29, 1.82) is 0 Å². The minimum absolute atomic E-state index is 0.0167. The highest BCUT2D eigenvalue weighted by Crippen LogP contribution is 2.21. The van der Waals surface area contributed by atoms with Crippen LogP contribution in [0, 0.1) is 11.8 Å². The van der Waals surface area contributed by atoms with Crippen molar-refractivity contribution in [3.63, 3.8) is 0 Å².